The van der Waals surface area contributed by atoms with Crippen LogP contribution in [-0.2, 0) is 0 Å². The summed E-state index contributed by atoms with van der Waals surface area (Å²) < 4.78 is 18.9. The van der Waals surface area contributed by atoms with E-state index in [0.717, 1.165) is 0 Å². The summed E-state index contributed by atoms with van der Waals surface area (Å²) in [4.78, 5) is 0.622. The molecule has 0 unspecified atom stereocenters. The highest BCUT2D eigenvalue weighted by Crippen LogP contribution is 2.21. The number of nitrogens with zero attached hydrogens (tertiary/aromatic N) is 1. The van der Waals surface area contributed by atoms with Gasteiger partial charge in [0, 0.05) is 10.6 Å². The number of hydrogen-bond acceptors (Lipinski definition) is 3. The quantitative estimate of drug-likeness (QED) is 0.612. The van der Waals surface area contributed by atoms with E-state index in [1.54, 1.807) is 36.4 Å². The Morgan fingerprint density at radius 1 is 1.16 bits per heavy atom. The van der Waals surface area contributed by atoms with E-state index in [9.17, 15) is 4.39 Å². The van der Waals surface area contributed by atoms with Crippen molar-refractivity contribution in [2.24, 2.45) is 0 Å². The van der Waals surface area contributed by atoms with Gasteiger partial charge in [-0.2, -0.15) is 5.26 Å². The van der Waals surface area contributed by atoms with E-state index in [0.29, 0.717) is 28.6 Å². The molecule has 2 aromatic rings. The molecule has 0 saturated heterocycles. The maximum atomic E-state index is 13.3. The highest BCUT2D eigenvalue weighted by molar-refractivity contribution is 7.99. The van der Waals surface area contributed by atoms with Crippen molar-refractivity contribution < 1.29 is 9.13 Å². The fourth-order valence-corrected chi connectivity index (χ4v) is 2.30. The van der Waals surface area contributed by atoms with Gasteiger partial charge in [-0.1, -0.05) is 18.2 Å². The molecule has 2 nitrogen and oxygen atoms in total. The SMILES string of the molecule is N#Cc1cccc(OCCSc2ccccc2F)c1. The molecule has 0 fully saturated rings. The van der Waals surface area contributed by atoms with Crippen molar-refractivity contribution in [2.75, 3.05) is 12.4 Å². The van der Waals surface area contributed by atoms with Gasteiger partial charge in [-0.15, -0.1) is 11.8 Å². The molecule has 0 aliphatic carbocycles. The first-order valence-corrected chi connectivity index (χ1v) is 6.78. The Morgan fingerprint density at radius 3 is 2.79 bits per heavy atom. The normalized spacial score (nSPS) is 9.89. The second-order valence-corrected chi connectivity index (χ2v) is 4.90. The van der Waals surface area contributed by atoms with Crippen molar-refractivity contribution in [3.05, 3.63) is 59.9 Å². The Hall–Kier alpha value is -1.99. The largest absolute Gasteiger partial charge is 0.493 e. The summed E-state index contributed by atoms with van der Waals surface area (Å²) in [5.41, 5.74) is 0.569. The van der Waals surface area contributed by atoms with Gasteiger partial charge in [0.2, 0.25) is 0 Å². The van der Waals surface area contributed by atoms with Crippen LogP contribution in [0.3, 0.4) is 0 Å². The lowest BCUT2D eigenvalue weighted by molar-refractivity contribution is 0.344. The minimum Gasteiger partial charge on any atom is -0.493 e. The standard InChI is InChI=1S/C15H12FNOS/c16-14-6-1-2-7-15(14)19-9-8-18-13-5-3-4-12(10-13)11-17/h1-7,10H,8-9H2. The van der Waals surface area contributed by atoms with Crippen molar-refractivity contribution in [3.8, 4) is 11.8 Å². The zero-order chi connectivity index (χ0) is 13.5. The van der Waals surface area contributed by atoms with E-state index in [4.69, 9.17) is 10.00 Å². The van der Waals surface area contributed by atoms with Crippen LogP contribution in [0.4, 0.5) is 4.39 Å². The van der Waals surface area contributed by atoms with Crippen molar-refractivity contribution in [1.29, 1.82) is 5.26 Å². The van der Waals surface area contributed by atoms with Crippen LogP contribution in [0.5, 0.6) is 5.75 Å². The third kappa shape index (κ3) is 4.01. The van der Waals surface area contributed by atoms with Crippen molar-refractivity contribution in [3.63, 3.8) is 0 Å². The Bertz CT molecular complexity index is 595. The summed E-state index contributed by atoms with van der Waals surface area (Å²) in [6, 6.07) is 15.7. The Balaban J connectivity index is 1.81. The highest BCUT2D eigenvalue weighted by atomic mass is 32.2. The summed E-state index contributed by atoms with van der Waals surface area (Å²) in [6.45, 7) is 0.466. The van der Waals surface area contributed by atoms with E-state index < -0.39 is 0 Å². The smallest absolute Gasteiger partial charge is 0.136 e. The number of thioether (sulfide) groups is 1. The average molecular weight is 273 g/mol. The molecule has 0 spiro atoms. The number of nitriles is 1. The number of ether oxygens (including phenoxy) is 1. The van der Waals surface area contributed by atoms with Crippen molar-refractivity contribution in [2.45, 2.75) is 4.90 Å². The molecule has 0 amide bonds. The third-order valence-corrected chi connectivity index (χ3v) is 3.42. The molecule has 19 heavy (non-hydrogen) atoms. The van der Waals surface area contributed by atoms with E-state index in [-0.39, 0.29) is 5.82 Å². The second-order valence-electron chi connectivity index (χ2n) is 3.77. The lowest BCUT2D eigenvalue weighted by Gasteiger charge is -2.06. The maximum Gasteiger partial charge on any atom is 0.136 e. The van der Waals surface area contributed by atoms with Gasteiger partial charge in [0.05, 0.1) is 18.2 Å². The van der Waals surface area contributed by atoms with Gasteiger partial charge in [-0.3, -0.25) is 0 Å². The first-order valence-electron chi connectivity index (χ1n) is 5.80. The van der Waals surface area contributed by atoms with Crippen LogP contribution in [0, 0.1) is 17.1 Å². The fraction of sp³-hybridized carbons (Fsp3) is 0.133. The van der Waals surface area contributed by atoms with Gasteiger partial charge in [0.15, 0.2) is 0 Å². The summed E-state index contributed by atoms with van der Waals surface area (Å²) in [7, 11) is 0. The number of hydrogen-bond donors (Lipinski definition) is 0. The topological polar surface area (TPSA) is 33.0 Å². The Kier molecular flexibility index (Phi) is 4.82. The lowest BCUT2D eigenvalue weighted by Crippen LogP contribution is -2.00. The molecule has 2 rings (SSSR count). The molecule has 0 heterocycles. The molecular formula is C15H12FNOS. The Labute approximate surface area is 115 Å². The minimum atomic E-state index is -0.209. The number of rotatable bonds is 5. The molecule has 0 radical (unpaired) electrons. The van der Waals surface area contributed by atoms with E-state index >= 15 is 0 Å². The monoisotopic (exact) mass is 273 g/mol. The van der Waals surface area contributed by atoms with Crippen LogP contribution < -0.4 is 4.74 Å². The van der Waals surface area contributed by atoms with E-state index in [2.05, 4.69) is 6.07 Å². The average Bonchev–Trinajstić information content (AvgIpc) is 2.45. The summed E-state index contributed by atoms with van der Waals surface area (Å²) >= 11 is 1.41. The van der Waals surface area contributed by atoms with Crippen molar-refractivity contribution >= 4 is 11.8 Å². The zero-order valence-corrected chi connectivity index (χ0v) is 11.0. The molecule has 0 aliphatic rings. The van der Waals surface area contributed by atoms with E-state index in [1.807, 2.05) is 6.07 Å². The predicted molar refractivity (Wildman–Crippen MR) is 73.8 cm³/mol. The first-order chi connectivity index (χ1) is 9.29. The van der Waals surface area contributed by atoms with Gasteiger partial charge >= 0.3 is 0 Å². The van der Waals surface area contributed by atoms with Gasteiger partial charge < -0.3 is 4.74 Å². The minimum absolute atomic E-state index is 0.209. The second kappa shape index (κ2) is 6.81. The van der Waals surface area contributed by atoms with Crippen LogP contribution >= 0.6 is 11.8 Å². The molecule has 0 aromatic heterocycles. The van der Waals surface area contributed by atoms with Crippen LogP contribution in [0.2, 0.25) is 0 Å². The molecular weight excluding hydrogens is 261 g/mol. The molecule has 96 valence electrons. The van der Waals surface area contributed by atoms with Crippen LogP contribution in [-0.4, -0.2) is 12.4 Å². The van der Waals surface area contributed by atoms with Gasteiger partial charge in [-0.05, 0) is 30.3 Å². The summed E-state index contributed by atoms with van der Waals surface area (Å²) in [6.07, 6.45) is 0. The number of benzene rings is 2. The van der Waals surface area contributed by atoms with Gasteiger partial charge in [-0.25, -0.2) is 4.39 Å². The van der Waals surface area contributed by atoms with Gasteiger partial charge in [0.25, 0.3) is 0 Å². The molecule has 0 saturated carbocycles. The molecule has 0 aliphatic heterocycles. The molecule has 0 bridgehead atoms. The van der Waals surface area contributed by atoms with E-state index in [1.165, 1.54) is 17.8 Å². The predicted octanol–water partition coefficient (Wildman–Crippen LogP) is 3.87. The molecule has 2 aromatic carbocycles. The molecule has 0 N–H and O–H groups in total. The first kappa shape index (κ1) is 13.4. The molecule has 0 atom stereocenters. The highest BCUT2D eigenvalue weighted by Gasteiger charge is 2.01. The zero-order valence-electron chi connectivity index (χ0n) is 10.2. The summed E-state index contributed by atoms with van der Waals surface area (Å²) in [5, 5.41) is 8.76. The van der Waals surface area contributed by atoms with Crippen LogP contribution in [0.15, 0.2) is 53.4 Å². The van der Waals surface area contributed by atoms with Crippen LogP contribution in [0.25, 0.3) is 0 Å². The Morgan fingerprint density at radius 2 is 2.00 bits per heavy atom. The lowest BCUT2D eigenvalue weighted by atomic mass is 10.2. The maximum absolute atomic E-state index is 13.3. The van der Waals surface area contributed by atoms with Crippen molar-refractivity contribution in [1.82, 2.24) is 0 Å². The fourth-order valence-electron chi connectivity index (χ4n) is 1.53. The van der Waals surface area contributed by atoms with Gasteiger partial charge in [0.1, 0.15) is 11.6 Å². The van der Waals surface area contributed by atoms with Crippen LogP contribution in [0.1, 0.15) is 5.56 Å². The third-order valence-electron chi connectivity index (χ3n) is 2.41. The molecule has 4 heteroatoms. The number of halogens is 1. The summed E-state index contributed by atoms with van der Waals surface area (Å²) in [5.74, 6) is 1.10.